The third kappa shape index (κ3) is 3.04. The topological polar surface area (TPSA) is 49.8 Å². The maximum atomic E-state index is 11.4. The van der Waals surface area contributed by atoms with Crippen LogP contribution in [-0.2, 0) is 9.53 Å². The summed E-state index contributed by atoms with van der Waals surface area (Å²) in [7, 11) is 1.74. The lowest BCUT2D eigenvalue weighted by Crippen LogP contribution is -2.46. The molecule has 0 aromatic carbocycles. The van der Waals surface area contributed by atoms with Crippen molar-refractivity contribution in [1.29, 1.82) is 0 Å². The van der Waals surface area contributed by atoms with Gasteiger partial charge in [-0.2, -0.15) is 0 Å². The Morgan fingerprint density at radius 2 is 2.17 bits per heavy atom. The van der Waals surface area contributed by atoms with E-state index >= 15 is 0 Å². The first kappa shape index (κ1) is 13.8. The summed E-state index contributed by atoms with van der Waals surface area (Å²) in [6.07, 6.45) is 4.08. The van der Waals surface area contributed by atoms with Crippen molar-refractivity contribution in [2.45, 2.75) is 38.6 Å². The number of hydrogen-bond donors (Lipinski definition) is 1. The molecule has 0 aromatic heterocycles. The van der Waals surface area contributed by atoms with E-state index in [9.17, 15) is 9.90 Å². The number of carboxylic acids is 1. The number of ether oxygens (including phenoxy) is 1. The van der Waals surface area contributed by atoms with Crippen LogP contribution in [0.5, 0.6) is 0 Å². The smallest absolute Gasteiger partial charge is 0.308 e. The maximum absolute atomic E-state index is 11.4. The first-order valence-electron chi connectivity index (χ1n) is 7.07. The number of rotatable bonds is 4. The molecular formula is C14H25NO3. The summed E-state index contributed by atoms with van der Waals surface area (Å²) >= 11 is 0. The summed E-state index contributed by atoms with van der Waals surface area (Å²) in [5.41, 5.74) is 0. The number of likely N-dealkylation sites (tertiary alicyclic amines) is 1. The van der Waals surface area contributed by atoms with Crippen LogP contribution in [0.2, 0.25) is 0 Å². The van der Waals surface area contributed by atoms with Crippen molar-refractivity contribution in [3.8, 4) is 0 Å². The van der Waals surface area contributed by atoms with Gasteiger partial charge >= 0.3 is 5.97 Å². The lowest BCUT2D eigenvalue weighted by atomic mass is 9.78. The Morgan fingerprint density at radius 1 is 1.39 bits per heavy atom. The summed E-state index contributed by atoms with van der Waals surface area (Å²) in [5.74, 6) is 0.471. The number of methoxy groups -OCH3 is 1. The van der Waals surface area contributed by atoms with Crippen molar-refractivity contribution >= 4 is 5.97 Å². The molecular weight excluding hydrogens is 230 g/mol. The molecule has 1 N–H and O–H groups in total. The molecule has 2 fully saturated rings. The zero-order valence-corrected chi connectivity index (χ0v) is 11.5. The lowest BCUT2D eigenvalue weighted by Gasteiger charge is -2.38. The van der Waals surface area contributed by atoms with E-state index < -0.39 is 5.97 Å². The van der Waals surface area contributed by atoms with E-state index in [1.165, 1.54) is 0 Å². The van der Waals surface area contributed by atoms with Gasteiger partial charge in [0.05, 0.1) is 12.5 Å². The average molecular weight is 255 g/mol. The van der Waals surface area contributed by atoms with Gasteiger partial charge in [-0.05, 0) is 44.1 Å². The summed E-state index contributed by atoms with van der Waals surface area (Å²) in [5, 5.41) is 9.37. The third-order valence-electron chi connectivity index (χ3n) is 4.58. The van der Waals surface area contributed by atoms with Crippen LogP contribution in [0.25, 0.3) is 0 Å². The predicted molar refractivity (Wildman–Crippen MR) is 69.5 cm³/mol. The fraction of sp³-hybridized carbons (Fsp3) is 0.929. The molecule has 1 saturated heterocycles. The van der Waals surface area contributed by atoms with Gasteiger partial charge in [0.1, 0.15) is 0 Å². The SMILES string of the molecule is COCC1CCN(C2CC(C)CCC2C(=O)O)C1. The number of hydrogen-bond acceptors (Lipinski definition) is 3. The van der Waals surface area contributed by atoms with Crippen molar-refractivity contribution in [2.75, 3.05) is 26.8 Å². The second kappa shape index (κ2) is 6.02. The minimum absolute atomic E-state index is 0.164. The molecule has 0 bridgehead atoms. The molecule has 4 unspecified atom stereocenters. The van der Waals surface area contributed by atoms with E-state index in [-0.39, 0.29) is 12.0 Å². The van der Waals surface area contributed by atoms with Gasteiger partial charge in [-0.1, -0.05) is 6.92 Å². The Labute approximate surface area is 109 Å². The predicted octanol–water partition coefficient (Wildman–Crippen LogP) is 1.84. The van der Waals surface area contributed by atoms with Gasteiger partial charge < -0.3 is 9.84 Å². The standard InChI is InChI=1S/C14H25NO3/c1-10-3-4-12(14(16)17)13(7-10)15-6-5-11(8-15)9-18-2/h10-13H,3-9H2,1-2H3,(H,16,17). The van der Waals surface area contributed by atoms with E-state index in [0.717, 1.165) is 45.4 Å². The van der Waals surface area contributed by atoms with Gasteiger partial charge in [-0.25, -0.2) is 0 Å². The molecule has 4 nitrogen and oxygen atoms in total. The molecule has 18 heavy (non-hydrogen) atoms. The first-order valence-corrected chi connectivity index (χ1v) is 7.07. The average Bonchev–Trinajstić information content (AvgIpc) is 2.77. The Hall–Kier alpha value is -0.610. The van der Waals surface area contributed by atoms with Crippen LogP contribution in [0.1, 0.15) is 32.6 Å². The Kier molecular flexibility index (Phi) is 4.62. The zero-order valence-electron chi connectivity index (χ0n) is 11.5. The molecule has 0 radical (unpaired) electrons. The van der Waals surface area contributed by atoms with Gasteiger partial charge in [0.2, 0.25) is 0 Å². The monoisotopic (exact) mass is 255 g/mol. The molecule has 1 saturated carbocycles. The Morgan fingerprint density at radius 3 is 2.83 bits per heavy atom. The van der Waals surface area contributed by atoms with Gasteiger partial charge in [0, 0.05) is 19.7 Å². The summed E-state index contributed by atoms with van der Waals surface area (Å²) < 4.78 is 5.21. The number of carboxylic acid groups (broad SMARTS) is 1. The molecule has 1 aliphatic heterocycles. The molecule has 2 rings (SSSR count). The molecule has 104 valence electrons. The van der Waals surface area contributed by atoms with Crippen LogP contribution >= 0.6 is 0 Å². The minimum atomic E-state index is -0.609. The molecule has 0 aromatic rings. The normalized spacial score (nSPS) is 37.9. The Balaban J connectivity index is 1.98. The van der Waals surface area contributed by atoms with E-state index in [1.807, 2.05) is 0 Å². The molecule has 4 atom stereocenters. The highest BCUT2D eigenvalue weighted by molar-refractivity contribution is 5.71. The second-order valence-corrected chi connectivity index (χ2v) is 6.04. The lowest BCUT2D eigenvalue weighted by molar-refractivity contribution is -0.146. The minimum Gasteiger partial charge on any atom is -0.481 e. The van der Waals surface area contributed by atoms with Crippen LogP contribution in [0.3, 0.4) is 0 Å². The van der Waals surface area contributed by atoms with Crippen molar-refractivity contribution in [1.82, 2.24) is 4.90 Å². The van der Waals surface area contributed by atoms with Crippen LogP contribution in [0.4, 0.5) is 0 Å². The van der Waals surface area contributed by atoms with Gasteiger partial charge in [0.15, 0.2) is 0 Å². The van der Waals surface area contributed by atoms with Crippen LogP contribution in [0, 0.1) is 17.8 Å². The van der Waals surface area contributed by atoms with Crippen LogP contribution in [-0.4, -0.2) is 48.8 Å². The van der Waals surface area contributed by atoms with Gasteiger partial charge in [-0.3, -0.25) is 9.69 Å². The molecule has 2 aliphatic rings. The maximum Gasteiger partial charge on any atom is 0.308 e. The number of carbonyl (C=O) groups is 1. The highest BCUT2D eigenvalue weighted by atomic mass is 16.5. The largest absolute Gasteiger partial charge is 0.481 e. The highest BCUT2D eigenvalue weighted by Gasteiger charge is 2.39. The molecule has 0 amide bonds. The highest BCUT2D eigenvalue weighted by Crippen LogP contribution is 2.35. The van der Waals surface area contributed by atoms with E-state index in [0.29, 0.717) is 11.8 Å². The van der Waals surface area contributed by atoms with Crippen molar-refractivity contribution in [3.05, 3.63) is 0 Å². The second-order valence-electron chi connectivity index (χ2n) is 6.04. The van der Waals surface area contributed by atoms with E-state index in [2.05, 4.69) is 11.8 Å². The molecule has 4 heteroatoms. The van der Waals surface area contributed by atoms with Gasteiger partial charge in [0.25, 0.3) is 0 Å². The number of nitrogens with zero attached hydrogens (tertiary/aromatic N) is 1. The fourth-order valence-electron chi connectivity index (χ4n) is 3.58. The van der Waals surface area contributed by atoms with Crippen LogP contribution < -0.4 is 0 Å². The Bertz CT molecular complexity index is 295. The van der Waals surface area contributed by atoms with E-state index in [1.54, 1.807) is 7.11 Å². The molecule has 1 heterocycles. The first-order chi connectivity index (χ1) is 8.61. The van der Waals surface area contributed by atoms with E-state index in [4.69, 9.17) is 4.74 Å². The third-order valence-corrected chi connectivity index (χ3v) is 4.58. The van der Waals surface area contributed by atoms with Crippen molar-refractivity contribution in [3.63, 3.8) is 0 Å². The zero-order chi connectivity index (χ0) is 13.1. The number of aliphatic carboxylic acids is 1. The summed E-state index contributed by atoms with van der Waals surface area (Å²) in [4.78, 5) is 13.8. The van der Waals surface area contributed by atoms with Gasteiger partial charge in [-0.15, -0.1) is 0 Å². The molecule has 1 aliphatic carbocycles. The quantitative estimate of drug-likeness (QED) is 0.833. The fourth-order valence-corrected chi connectivity index (χ4v) is 3.58. The van der Waals surface area contributed by atoms with Crippen molar-refractivity contribution < 1.29 is 14.6 Å². The summed E-state index contributed by atoms with van der Waals surface area (Å²) in [6.45, 7) is 5.09. The van der Waals surface area contributed by atoms with Crippen LogP contribution in [0.15, 0.2) is 0 Å². The van der Waals surface area contributed by atoms with Crippen molar-refractivity contribution in [2.24, 2.45) is 17.8 Å². The molecule has 0 spiro atoms. The summed E-state index contributed by atoms with van der Waals surface area (Å²) in [6, 6.07) is 0.244.